The van der Waals surface area contributed by atoms with Gasteiger partial charge in [0.25, 0.3) is 0 Å². The van der Waals surface area contributed by atoms with E-state index in [4.69, 9.17) is 22.1 Å². The zero-order valence-corrected chi connectivity index (χ0v) is 9.48. The summed E-state index contributed by atoms with van der Waals surface area (Å²) in [6, 6.07) is 5.23. The van der Waals surface area contributed by atoms with Crippen LogP contribution in [0.3, 0.4) is 0 Å². The normalized spacial score (nSPS) is 10.4. The fraction of sp³-hybridized carbons (Fsp3) is 0.200. The van der Waals surface area contributed by atoms with Gasteiger partial charge in [0, 0.05) is 7.05 Å². The Morgan fingerprint density at radius 1 is 1.50 bits per heavy atom. The number of hydrogen-bond donors (Lipinski definition) is 1. The number of nitrogens with zero attached hydrogens (tertiary/aromatic N) is 3. The second-order valence-corrected chi connectivity index (χ2v) is 3.74. The molecule has 0 fully saturated rings. The molecule has 1 heterocycles. The molecule has 1 aromatic carbocycles. The molecule has 2 aromatic rings. The van der Waals surface area contributed by atoms with Gasteiger partial charge in [-0.05, 0) is 12.1 Å². The Morgan fingerprint density at radius 2 is 2.31 bits per heavy atom. The van der Waals surface area contributed by atoms with E-state index in [0.29, 0.717) is 23.1 Å². The fourth-order valence-electron chi connectivity index (χ4n) is 1.29. The molecule has 0 spiro atoms. The van der Waals surface area contributed by atoms with E-state index in [1.54, 1.807) is 36.1 Å². The number of anilines is 1. The number of halogens is 1. The summed E-state index contributed by atoms with van der Waals surface area (Å²) < 4.78 is 7.10. The monoisotopic (exact) mass is 238 g/mol. The number of aromatic nitrogens is 3. The van der Waals surface area contributed by atoms with Gasteiger partial charge in [0.15, 0.2) is 5.75 Å². The number of benzene rings is 1. The highest BCUT2D eigenvalue weighted by Gasteiger charge is 2.07. The van der Waals surface area contributed by atoms with Gasteiger partial charge in [0.1, 0.15) is 12.3 Å². The number of aryl methyl sites for hydroxylation is 1. The van der Waals surface area contributed by atoms with Crippen molar-refractivity contribution in [1.29, 1.82) is 0 Å². The van der Waals surface area contributed by atoms with E-state index in [9.17, 15) is 0 Å². The number of para-hydroxylation sites is 1. The summed E-state index contributed by atoms with van der Waals surface area (Å²) in [7, 11) is 1.79. The van der Waals surface area contributed by atoms with Gasteiger partial charge in [-0.3, -0.25) is 4.68 Å². The molecule has 0 atom stereocenters. The molecule has 0 bridgehead atoms. The Kier molecular flexibility index (Phi) is 2.96. The van der Waals surface area contributed by atoms with Crippen molar-refractivity contribution >= 4 is 17.3 Å². The summed E-state index contributed by atoms with van der Waals surface area (Å²) in [6.07, 6.45) is 1.77. The third kappa shape index (κ3) is 2.25. The molecule has 0 unspecified atom stereocenters. The molecule has 0 saturated heterocycles. The number of rotatable bonds is 3. The third-order valence-corrected chi connectivity index (χ3v) is 2.31. The molecule has 2 N–H and O–H groups in total. The van der Waals surface area contributed by atoms with Crippen LogP contribution in [0.1, 0.15) is 5.69 Å². The van der Waals surface area contributed by atoms with Gasteiger partial charge in [-0.25, -0.2) is 0 Å². The molecule has 5 nitrogen and oxygen atoms in total. The Labute approximate surface area is 97.8 Å². The molecule has 0 radical (unpaired) electrons. The second-order valence-electron chi connectivity index (χ2n) is 3.33. The molecule has 0 amide bonds. The first-order chi connectivity index (χ1) is 7.66. The van der Waals surface area contributed by atoms with Crippen molar-refractivity contribution in [2.75, 3.05) is 5.73 Å². The summed E-state index contributed by atoms with van der Waals surface area (Å²) in [5.41, 5.74) is 6.97. The van der Waals surface area contributed by atoms with Gasteiger partial charge in [-0.15, -0.1) is 5.10 Å². The largest absolute Gasteiger partial charge is 0.483 e. The predicted octanol–water partition coefficient (Wildman–Crippen LogP) is 1.63. The molecule has 0 aliphatic carbocycles. The third-order valence-electron chi connectivity index (χ3n) is 2.01. The zero-order chi connectivity index (χ0) is 11.5. The van der Waals surface area contributed by atoms with Crippen LogP contribution in [0.2, 0.25) is 5.02 Å². The summed E-state index contributed by atoms with van der Waals surface area (Å²) in [6.45, 7) is 0.293. The van der Waals surface area contributed by atoms with E-state index in [1.165, 1.54) is 0 Å². The molecule has 2 rings (SSSR count). The molecule has 6 heteroatoms. The highest BCUT2D eigenvalue weighted by molar-refractivity contribution is 6.32. The molecule has 0 aliphatic heterocycles. The highest BCUT2D eigenvalue weighted by Crippen LogP contribution is 2.30. The van der Waals surface area contributed by atoms with Crippen molar-refractivity contribution in [1.82, 2.24) is 15.0 Å². The van der Waals surface area contributed by atoms with Gasteiger partial charge < -0.3 is 10.5 Å². The number of hydrogen-bond acceptors (Lipinski definition) is 4. The maximum Gasteiger partial charge on any atom is 0.161 e. The Morgan fingerprint density at radius 3 is 2.94 bits per heavy atom. The van der Waals surface area contributed by atoms with Crippen LogP contribution in [-0.4, -0.2) is 15.0 Å². The first-order valence-electron chi connectivity index (χ1n) is 4.69. The Hall–Kier alpha value is -1.75. The minimum atomic E-state index is 0.293. The SMILES string of the molecule is Cn1cc(COc2c(N)cccc2Cl)nn1. The van der Waals surface area contributed by atoms with Crippen LogP contribution in [0.25, 0.3) is 0 Å². The van der Waals surface area contributed by atoms with Crippen molar-refractivity contribution in [2.24, 2.45) is 7.05 Å². The van der Waals surface area contributed by atoms with Gasteiger partial charge in [0.05, 0.1) is 16.9 Å². The van der Waals surface area contributed by atoms with Crippen LogP contribution in [0.4, 0.5) is 5.69 Å². The lowest BCUT2D eigenvalue weighted by Gasteiger charge is -2.08. The highest BCUT2D eigenvalue weighted by atomic mass is 35.5. The van der Waals surface area contributed by atoms with Crippen molar-refractivity contribution < 1.29 is 4.74 Å². The maximum absolute atomic E-state index is 5.95. The molecular formula is C10H11ClN4O. The average molecular weight is 239 g/mol. The van der Waals surface area contributed by atoms with Crippen LogP contribution in [-0.2, 0) is 13.7 Å². The van der Waals surface area contributed by atoms with E-state index >= 15 is 0 Å². The lowest BCUT2D eigenvalue weighted by atomic mass is 10.3. The summed E-state index contributed by atoms with van der Waals surface area (Å²) in [4.78, 5) is 0. The van der Waals surface area contributed by atoms with Gasteiger partial charge in [-0.1, -0.05) is 22.9 Å². The first-order valence-corrected chi connectivity index (χ1v) is 5.06. The fourth-order valence-corrected chi connectivity index (χ4v) is 1.52. The first kappa shape index (κ1) is 10.8. The molecule has 1 aromatic heterocycles. The standard InChI is InChI=1S/C10H11ClN4O/c1-15-5-7(13-14-15)6-16-10-8(11)3-2-4-9(10)12/h2-5H,6,12H2,1H3. The van der Waals surface area contributed by atoms with Gasteiger partial charge >= 0.3 is 0 Å². The van der Waals surface area contributed by atoms with Crippen LogP contribution in [0, 0.1) is 0 Å². The number of nitrogens with two attached hydrogens (primary N) is 1. The molecule has 0 aliphatic rings. The average Bonchev–Trinajstić information content (AvgIpc) is 2.63. The van der Waals surface area contributed by atoms with Gasteiger partial charge in [0.2, 0.25) is 0 Å². The summed E-state index contributed by atoms with van der Waals surface area (Å²) in [5.74, 6) is 0.481. The van der Waals surface area contributed by atoms with E-state index in [1.807, 2.05) is 0 Å². The molecular weight excluding hydrogens is 228 g/mol. The smallest absolute Gasteiger partial charge is 0.161 e. The Balaban J connectivity index is 2.10. The minimum absolute atomic E-state index is 0.293. The van der Waals surface area contributed by atoms with Crippen molar-refractivity contribution in [2.45, 2.75) is 6.61 Å². The lowest BCUT2D eigenvalue weighted by molar-refractivity contribution is 0.303. The van der Waals surface area contributed by atoms with Crippen molar-refractivity contribution in [3.63, 3.8) is 0 Å². The van der Waals surface area contributed by atoms with E-state index in [0.717, 1.165) is 5.69 Å². The van der Waals surface area contributed by atoms with Crippen molar-refractivity contribution in [3.8, 4) is 5.75 Å². The number of nitrogen functional groups attached to an aromatic ring is 1. The lowest BCUT2D eigenvalue weighted by Crippen LogP contribution is -1.99. The Bertz CT molecular complexity index is 477. The quantitative estimate of drug-likeness (QED) is 0.826. The number of ether oxygens (including phenoxy) is 1. The summed E-state index contributed by atoms with van der Waals surface area (Å²) >= 11 is 5.95. The van der Waals surface area contributed by atoms with E-state index < -0.39 is 0 Å². The van der Waals surface area contributed by atoms with Crippen LogP contribution < -0.4 is 10.5 Å². The van der Waals surface area contributed by atoms with Crippen LogP contribution >= 0.6 is 11.6 Å². The molecule has 0 saturated carbocycles. The molecule has 84 valence electrons. The predicted molar refractivity (Wildman–Crippen MR) is 61.2 cm³/mol. The van der Waals surface area contributed by atoms with Crippen LogP contribution in [0.5, 0.6) is 5.75 Å². The van der Waals surface area contributed by atoms with E-state index in [2.05, 4.69) is 10.3 Å². The topological polar surface area (TPSA) is 66.0 Å². The van der Waals surface area contributed by atoms with Gasteiger partial charge in [-0.2, -0.15) is 0 Å². The summed E-state index contributed by atoms with van der Waals surface area (Å²) in [5, 5.41) is 8.18. The van der Waals surface area contributed by atoms with E-state index in [-0.39, 0.29) is 0 Å². The van der Waals surface area contributed by atoms with Crippen LogP contribution in [0.15, 0.2) is 24.4 Å². The maximum atomic E-state index is 5.95. The zero-order valence-electron chi connectivity index (χ0n) is 8.72. The second kappa shape index (κ2) is 4.40. The molecule has 16 heavy (non-hydrogen) atoms. The minimum Gasteiger partial charge on any atom is -0.483 e. The van der Waals surface area contributed by atoms with Crippen molar-refractivity contribution in [3.05, 3.63) is 35.1 Å².